The van der Waals surface area contributed by atoms with Crippen LogP contribution in [-0.4, -0.2) is 84.8 Å². The number of aliphatic hydroxyl groups excluding tert-OH is 1. The molecule has 0 aliphatic carbocycles. The van der Waals surface area contributed by atoms with Gasteiger partial charge in [-0.1, -0.05) is 5.57 Å². The number of nitrogens with zero attached hydrogens (tertiary/aromatic N) is 3. The summed E-state index contributed by atoms with van der Waals surface area (Å²) in [5.41, 5.74) is 1.26. The summed E-state index contributed by atoms with van der Waals surface area (Å²) in [6.07, 6.45) is 3.54. The van der Waals surface area contributed by atoms with Gasteiger partial charge in [0, 0.05) is 51.9 Å². The molecular formula is C17H27N3O2. The van der Waals surface area contributed by atoms with Crippen LogP contribution in [0.1, 0.15) is 12.7 Å². The van der Waals surface area contributed by atoms with Crippen molar-refractivity contribution >= 4 is 6.08 Å². The number of rotatable bonds is 4. The summed E-state index contributed by atoms with van der Waals surface area (Å²) in [6.45, 7) is 9.05. The minimum Gasteiger partial charge on any atom is -0.465 e. The highest BCUT2D eigenvalue weighted by Crippen LogP contribution is 2.19. The maximum atomic E-state index is 10.4. The molecule has 1 N–H and O–H groups in total. The average Bonchev–Trinajstić information content (AvgIpc) is 3.10. The molecule has 5 nitrogen and oxygen atoms in total. The zero-order chi connectivity index (χ0) is 15.5. The van der Waals surface area contributed by atoms with Crippen LogP contribution in [0.2, 0.25) is 0 Å². The van der Waals surface area contributed by atoms with Crippen LogP contribution in [0.5, 0.6) is 0 Å². The topological polar surface area (TPSA) is 43.1 Å². The lowest BCUT2D eigenvalue weighted by Crippen LogP contribution is -2.52. The number of aliphatic hydroxyl groups is 1. The van der Waals surface area contributed by atoms with E-state index in [1.807, 2.05) is 12.1 Å². The Morgan fingerprint density at radius 1 is 1.32 bits per heavy atom. The van der Waals surface area contributed by atoms with Crippen molar-refractivity contribution in [3.63, 3.8) is 0 Å². The monoisotopic (exact) mass is 305 g/mol. The van der Waals surface area contributed by atoms with E-state index in [0.29, 0.717) is 0 Å². The first kappa shape index (κ1) is 15.7. The summed E-state index contributed by atoms with van der Waals surface area (Å²) in [6, 6.07) is 4.16. The maximum Gasteiger partial charge on any atom is 0.126 e. The van der Waals surface area contributed by atoms with Crippen LogP contribution >= 0.6 is 0 Å². The first-order chi connectivity index (χ1) is 10.6. The Labute approximate surface area is 132 Å². The molecule has 0 spiro atoms. The molecule has 1 aromatic rings. The quantitative estimate of drug-likeness (QED) is 0.898. The Kier molecular flexibility index (Phi) is 4.98. The number of hydrogen-bond donors (Lipinski definition) is 1. The molecule has 122 valence electrons. The fourth-order valence-electron chi connectivity index (χ4n) is 3.50. The predicted octanol–water partition coefficient (Wildman–Crippen LogP) is 0.975. The smallest absolute Gasteiger partial charge is 0.126 e. The lowest BCUT2D eigenvalue weighted by Gasteiger charge is -2.37. The molecule has 1 aromatic heterocycles. The van der Waals surface area contributed by atoms with Gasteiger partial charge in [-0.05, 0) is 32.2 Å². The minimum atomic E-state index is -0.236. The molecule has 2 atom stereocenters. The molecule has 0 bridgehead atoms. The zero-order valence-electron chi connectivity index (χ0n) is 13.6. The molecule has 0 unspecified atom stereocenters. The molecule has 0 saturated carbocycles. The Balaban J connectivity index is 1.54. The number of furan rings is 1. The molecule has 2 aliphatic heterocycles. The summed E-state index contributed by atoms with van der Waals surface area (Å²) < 4.78 is 5.36. The zero-order valence-corrected chi connectivity index (χ0v) is 13.6. The summed E-state index contributed by atoms with van der Waals surface area (Å²) in [5, 5.41) is 10.4. The van der Waals surface area contributed by atoms with Gasteiger partial charge < -0.3 is 14.4 Å². The molecule has 0 radical (unpaired) electrons. The van der Waals surface area contributed by atoms with Gasteiger partial charge in [0.25, 0.3) is 0 Å². The van der Waals surface area contributed by atoms with E-state index in [4.69, 9.17) is 4.42 Å². The predicted molar refractivity (Wildman–Crippen MR) is 87.7 cm³/mol. The fourth-order valence-corrected chi connectivity index (χ4v) is 3.50. The van der Waals surface area contributed by atoms with Gasteiger partial charge in [-0.3, -0.25) is 9.80 Å². The Morgan fingerprint density at radius 2 is 2.09 bits per heavy atom. The number of piperazine rings is 1. The SMILES string of the molecule is C/C(=C\c1ccco1)CN1C[C@H](O)[C@@H](N2CCN(C)CC2)C1. The van der Waals surface area contributed by atoms with Gasteiger partial charge in [0.1, 0.15) is 5.76 Å². The van der Waals surface area contributed by atoms with E-state index in [1.165, 1.54) is 5.57 Å². The maximum absolute atomic E-state index is 10.4. The van der Waals surface area contributed by atoms with E-state index >= 15 is 0 Å². The normalized spacial score (nSPS) is 29.3. The Morgan fingerprint density at radius 3 is 2.77 bits per heavy atom. The van der Waals surface area contributed by atoms with Crippen LogP contribution in [0.3, 0.4) is 0 Å². The van der Waals surface area contributed by atoms with Gasteiger partial charge in [-0.25, -0.2) is 0 Å². The second kappa shape index (κ2) is 6.96. The number of β-amino-alcohol motifs (C(OH)–C–C–N with tert-alkyl or cyclic N) is 1. The van der Waals surface area contributed by atoms with Crippen molar-refractivity contribution in [3.8, 4) is 0 Å². The van der Waals surface area contributed by atoms with E-state index in [9.17, 15) is 5.11 Å². The molecule has 2 aliphatic rings. The lowest BCUT2D eigenvalue weighted by molar-refractivity contribution is 0.0512. The molecule has 2 saturated heterocycles. The van der Waals surface area contributed by atoms with Crippen molar-refractivity contribution < 1.29 is 9.52 Å². The first-order valence-corrected chi connectivity index (χ1v) is 8.15. The molecule has 0 aromatic carbocycles. The van der Waals surface area contributed by atoms with Crippen LogP contribution in [0, 0.1) is 0 Å². The van der Waals surface area contributed by atoms with Crippen molar-refractivity contribution in [1.82, 2.24) is 14.7 Å². The number of likely N-dealkylation sites (tertiary alicyclic amines) is 1. The van der Waals surface area contributed by atoms with Gasteiger partial charge in [-0.2, -0.15) is 0 Å². The van der Waals surface area contributed by atoms with Gasteiger partial charge >= 0.3 is 0 Å². The largest absolute Gasteiger partial charge is 0.465 e. The second-order valence-electron chi connectivity index (χ2n) is 6.67. The summed E-state index contributed by atoms with van der Waals surface area (Å²) in [4.78, 5) is 7.16. The van der Waals surface area contributed by atoms with Gasteiger partial charge in [-0.15, -0.1) is 0 Å². The van der Waals surface area contributed by atoms with Crippen molar-refractivity contribution in [2.24, 2.45) is 0 Å². The minimum absolute atomic E-state index is 0.236. The molecule has 5 heteroatoms. The summed E-state index contributed by atoms with van der Waals surface area (Å²) in [7, 11) is 2.16. The highest BCUT2D eigenvalue weighted by Gasteiger charge is 2.36. The first-order valence-electron chi connectivity index (χ1n) is 8.15. The molecule has 3 rings (SSSR count). The van der Waals surface area contributed by atoms with Gasteiger partial charge in [0.2, 0.25) is 0 Å². The molecule has 0 amide bonds. The van der Waals surface area contributed by atoms with Crippen molar-refractivity contribution in [1.29, 1.82) is 0 Å². The van der Waals surface area contributed by atoms with E-state index < -0.39 is 0 Å². The third-order valence-corrected chi connectivity index (χ3v) is 4.75. The van der Waals surface area contributed by atoms with Crippen LogP contribution in [0.25, 0.3) is 6.08 Å². The number of hydrogen-bond acceptors (Lipinski definition) is 5. The fraction of sp³-hybridized carbons (Fsp3) is 0.647. The van der Waals surface area contributed by atoms with E-state index in [0.717, 1.165) is 51.6 Å². The highest BCUT2D eigenvalue weighted by atomic mass is 16.3. The van der Waals surface area contributed by atoms with Crippen molar-refractivity contribution in [3.05, 3.63) is 29.7 Å². The lowest BCUT2D eigenvalue weighted by atomic mass is 10.1. The van der Waals surface area contributed by atoms with Crippen molar-refractivity contribution in [2.45, 2.75) is 19.1 Å². The molecule has 22 heavy (non-hydrogen) atoms. The Bertz CT molecular complexity index is 492. The third-order valence-electron chi connectivity index (χ3n) is 4.75. The van der Waals surface area contributed by atoms with E-state index in [2.05, 4.69) is 34.7 Å². The molecule has 2 fully saturated rings. The Hall–Kier alpha value is -1.14. The van der Waals surface area contributed by atoms with Crippen LogP contribution in [-0.2, 0) is 0 Å². The summed E-state index contributed by atoms with van der Waals surface area (Å²) in [5.74, 6) is 0.896. The molecule has 3 heterocycles. The van der Waals surface area contributed by atoms with E-state index in [1.54, 1.807) is 6.26 Å². The van der Waals surface area contributed by atoms with Crippen LogP contribution in [0.4, 0.5) is 0 Å². The second-order valence-corrected chi connectivity index (χ2v) is 6.67. The van der Waals surface area contributed by atoms with Crippen LogP contribution in [0.15, 0.2) is 28.4 Å². The molecular weight excluding hydrogens is 278 g/mol. The third kappa shape index (κ3) is 3.79. The highest BCUT2D eigenvalue weighted by molar-refractivity contribution is 5.46. The number of likely N-dealkylation sites (N-methyl/N-ethyl adjacent to an activating group) is 1. The summed E-state index contributed by atoms with van der Waals surface area (Å²) >= 11 is 0. The van der Waals surface area contributed by atoms with Crippen LogP contribution < -0.4 is 0 Å². The van der Waals surface area contributed by atoms with Gasteiger partial charge in [0.15, 0.2) is 0 Å². The van der Waals surface area contributed by atoms with Crippen molar-refractivity contribution in [2.75, 3.05) is 52.9 Å². The standard InChI is InChI=1S/C17H27N3O2/c1-14(10-15-4-3-9-22-15)11-19-12-16(17(21)13-19)20-7-5-18(2)6-8-20/h3-4,9-10,16-17,21H,5-8,11-13H2,1-2H3/b14-10+/t16-,17-/m0/s1. The van der Waals surface area contributed by atoms with E-state index in [-0.39, 0.29) is 12.1 Å². The van der Waals surface area contributed by atoms with Gasteiger partial charge in [0.05, 0.1) is 12.4 Å². The average molecular weight is 305 g/mol.